The second kappa shape index (κ2) is 8.11. The number of ether oxygens (including phenoxy) is 1. The van der Waals surface area contributed by atoms with Crippen LogP contribution in [0.25, 0.3) is 22.3 Å². The van der Waals surface area contributed by atoms with E-state index in [1.165, 1.54) is 0 Å². The molecular weight excluding hydrogens is 372 g/mol. The first kappa shape index (κ1) is 18.6. The molecular formula is C20H20N6O3. The lowest BCUT2D eigenvalue weighted by molar-refractivity contribution is 0.168. The maximum Gasteiger partial charge on any atom is 0.320 e. The quantitative estimate of drug-likeness (QED) is 0.463. The van der Waals surface area contributed by atoms with Crippen molar-refractivity contribution in [1.82, 2.24) is 25.7 Å². The summed E-state index contributed by atoms with van der Waals surface area (Å²) in [4.78, 5) is 16.8. The smallest absolute Gasteiger partial charge is 0.320 e. The summed E-state index contributed by atoms with van der Waals surface area (Å²) in [6.07, 6.45) is 1.64. The Morgan fingerprint density at radius 2 is 2.10 bits per heavy atom. The number of aromatic nitrogens is 4. The van der Waals surface area contributed by atoms with Crippen molar-refractivity contribution < 1.29 is 14.1 Å². The molecule has 2 amide bonds. The van der Waals surface area contributed by atoms with Crippen molar-refractivity contribution in [2.45, 2.75) is 13.0 Å². The first-order chi connectivity index (χ1) is 14.1. The van der Waals surface area contributed by atoms with E-state index >= 15 is 0 Å². The molecule has 0 saturated heterocycles. The number of pyridine rings is 1. The number of rotatable bonds is 6. The molecule has 3 N–H and O–H groups in total. The summed E-state index contributed by atoms with van der Waals surface area (Å²) in [6, 6.07) is 12.5. The van der Waals surface area contributed by atoms with Crippen LogP contribution < -0.4 is 10.6 Å². The first-order valence-corrected chi connectivity index (χ1v) is 9.03. The van der Waals surface area contributed by atoms with Crippen molar-refractivity contribution >= 4 is 22.8 Å². The number of aryl methyl sites for hydroxylation is 1. The Morgan fingerprint density at radius 1 is 1.28 bits per heavy atom. The monoisotopic (exact) mass is 392 g/mol. The van der Waals surface area contributed by atoms with Crippen LogP contribution in [0.2, 0.25) is 0 Å². The predicted octanol–water partition coefficient (Wildman–Crippen LogP) is 3.43. The molecule has 0 aliphatic carbocycles. The minimum absolute atomic E-state index is 0.279. The number of carbonyl (C=O) groups excluding carboxylic acids is 1. The molecule has 3 aromatic heterocycles. The number of hydrogen-bond acceptors (Lipinski definition) is 6. The summed E-state index contributed by atoms with van der Waals surface area (Å²) in [6.45, 7) is 2.17. The number of nitrogens with one attached hydrogen (secondary N) is 3. The molecule has 0 aliphatic rings. The van der Waals surface area contributed by atoms with Gasteiger partial charge < -0.3 is 14.6 Å². The topological polar surface area (TPSA) is 118 Å². The van der Waals surface area contributed by atoms with Crippen molar-refractivity contribution in [2.75, 3.05) is 19.0 Å². The van der Waals surface area contributed by atoms with Crippen LogP contribution in [-0.2, 0) is 4.74 Å². The van der Waals surface area contributed by atoms with Gasteiger partial charge in [-0.05, 0) is 12.5 Å². The molecule has 148 valence electrons. The molecule has 4 aromatic rings. The maximum atomic E-state index is 12.5. The van der Waals surface area contributed by atoms with E-state index in [0.717, 1.165) is 16.5 Å². The number of methoxy groups -OCH3 is 1. The molecule has 0 unspecified atom stereocenters. The van der Waals surface area contributed by atoms with Crippen LogP contribution in [0.15, 0.2) is 53.2 Å². The van der Waals surface area contributed by atoms with E-state index in [1.807, 2.05) is 37.3 Å². The fourth-order valence-corrected chi connectivity index (χ4v) is 3.04. The van der Waals surface area contributed by atoms with Gasteiger partial charge in [0.15, 0.2) is 0 Å². The van der Waals surface area contributed by atoms with E-state index in [-0.39, 0.29) is 12.1 Å². The lowest BCUT2D eigenvalue weighted by Crippen LogP contribution is -2.35. The molecule has 0 aliphatic heterocycles. The van der Waals surface area contributed by atoms with Gasteiger partial charge in [-0.2, -0.15) is 5.10 Å². The third-order valence-corrected chi connectivity index (χ3v) is 4.40. The summed E-state index contributed by atoms with van der Waals surface area (Å²) in [5.74, 6) is 1.09. The van der Waals surface area contributed by atoms with Gasteiger partial charge in [0, 0.05) is 30.8 Å². The number of anilines is 1. The molecule has 0 bridgehead atoms. The van der Waals surface area contributed by atoms with Crippen LogP contribution in [0.3, 0.4) is 0 Å². The van der Waals surface area contributed by atoms with Crippen molar-refractivity contribution in [3.05, 3.63) is 60.0 Å². The van der Waals surface area contributed by atoms with Gasteiger partial charge in [-0.25, -0.2) is 9.78 Å². The van der Waals surface area contributed by atoms with Crippen LogP contribution >= 0.6 is 0 Å². The largest absolute Gasteiger partial charge is 0.382 e. The van der Waals surface area contributed by atoms with Crippen molar-refractivity contribution in [2.24, 2.45) is 0 Å². The molecule has 1 aromatic carbocycles. The number of fused-ring (bicyclic) bond motifs is 1. The fraction of sp³-hybridized carbons (Fsp3) is 0.200. The molecule has 9 nitrogen and oxygen atoms in total. The summed E-state index contributed by atoms with van der Waals surface area (Å²) in [7, 11) is 1.59. The average Bonchev–Trinajstić information content (AvgIpc) is 3.34. The molecule has 3 heterocycles. The van der Waals surface area contributed by atoms with Gasteiger partial charge in [0.25, 0.3) is 0 Å². The number of H-pyrrole nitrogens is 1. The Morgan fingerprint density at radius 3 is 2.83 bits per heavy atom. The highest BCUT2D eigenvalue weighted by Gasteiger charge is 2.16. The Balaban J connectivity index is 1.49. The molecule has 29 heavy (non-hydrogen) atoms. The number of carbonyl (C=O) groups is 1. The lowest BCUT2D eigenvalue weighted by Gasteiger charge is -2.18. The zero-order valence-corrected chi connectivity index (χ0v) is 16.0. The summed E-state index contributed by atoms with van der Waals surface area (Å²) >= 11 is 0. The van der Waals surface area contributed by atoms with Crippen LogP contribution in [0.4, 0.5) is 10.6 Å². The number of hydrogen-bond donors (Lipinski definition) is 3. The van der Waals surface area contributed by atoms with Gasteiger partial charge in [-0.3, -0.25) is 10.4 Å². The van der Waals surface area contributed by atoms with E-state index in [2.05, 4.69) is 31.0 Å². The van der Waals surface area contributed by atoms with Gasteiger partial charge >= 0.3 is 6.03 Å². The summed E-state index contributed by atoms with van der Waals surface area (Å²) in [5, 5.41) is 17.6. The van der Waals surface area contributed by atoms with Gasteiger partial charge in [0.2, 0.25) is 0 Å². The highest BCUT2D eigenvalue weighted by molar-refractivity contribution is 5.95. The lowest BCUT2D eigenvalue weighted by atomic mass is 10.1. The number of nitrogens with zero attached hydrogens (tertiary/aromatic N) is 3. The highest BCUT2D eigenvalue weighted by Crippen LogP contribution is 2.26. The first-order valence-electron chi connectivity index (χ1n) is 9.03. The van der Waals surface area contributed by atoms with E-state index < -0.39 is 0 Å². The van der Waals surface area contributed by atoms with Crippen molar-refractivity contribution in [3.8, 4) is 11.4 Å². The Bertz CT molecular complexity index is 1120. The van der Waals surface area contributed by atoms with Gasteiger partial charge in [-0.1, -0.05) is 35.5 Å². The third kappa shape index (κ3) is 4.09. The SMILES string of the molecule is COC[C@@H](NC(=O)Nc1cc2[nH]nc(-c3cc(C)on3)c2cn1)c1ccccc1. The standard InChI is InChI=1S/C20H20N6O3/c1-12-8-16(26-29-12)19-14-10-21-18(9-15(14)24-25-19)23-20(27)22-17(11-28-2)13-6-4-3-5-7-13/h3-10,17H,11H2,1-2H3,(H,24,25)(H2,21,22,23,27)/t17-/m1/s1. The molecule has 0 spiro atoms. The molecule has 0 radical (unpaired) electrons. The minimum Gasteiger partial charge on any atom is -0.382 e. The maximum absolute atomic E-state index is 12.5. The molecule has 4 rings (SSSR count). The Hall–Kier alpha value is -3.72. The average molecular weight is 392 g/mol. The zero-order valence-electron chi connectivity index (χ0n) is 16.0. The van der Waals surface area contributed by atoms with Gasteiger partial charge in [-0.15, -0.1) is 0 Å². The van der Waals surface area contributed by atoms with E-state index in [0.29, 0.717) is 29.6 Å². The number of benzene rings is 1. The predicted molar refractivity (Wildman–Crippen MR) is 107 cm³/mol. The molecule has 0 saturated carbocycles. The van der Waals surface area contributed by atoms with Crippen LogP contribution in [0, 0.1) is 6.92 Å². The Labute approximate surface area is 166 Å². The molecule has 9 heteroatoms. The van der Waals surface area contributed by atoms with Crippen molar-refractivity contribution in [1.29, 1.82) is 0 Å². The van der Waals surface area contributed by atoms with E-state index in [1.54, 1.807) is 25.4 Å². The minimum atomic E-state index is -0.380. The second-order valence-corrected chi connectivity index (χ2v) is 6.53. The van der Waals surface area contributed by atoms with E-state index in [9.17, 15) is 4.79 Å². The van der Waals surface area contributed by atoms with Crippen LogP contribution in [-0.4, -0.2) is 40.1 Å². The number of aromatic amines is 1. The number of amides is 2. The third-order valence-electron chi connectivity index (χ3n) is 4.40. The van der Waals surface area contributed by atoms with Crippen molar-refractivity contribution in [3.63, 3.8) is 0 Å². The normalized spacial score (nSPS) is 12.1. The van der Waals surface area contributed by atoms with Gasteiger partial charge in [0.1, 0.15) is 23.0 Å². The summed E-state index contributed by atoms with van der Waals surface area (Å²) in [5.41, 5.74) is 2.94. The zero-order chi connectivity index (χ0) is 20.2. The fourth-order valence-electron chi connectivity index (χ4n) is 3.04. The Kier molecular flexibility index (Phi) is 5.21. The van der Waals surface area contributed by atoms with Crippen LogP contribution in [0.5, 0.6) is 0 Å². The highest BCUT2D eigenvalue weighted by atomic mass is 16.5. The number of urea groups is 1. The van der Waals surface area contributed by atoms with E-state index in [4.69, 9.17) is 9.26 Å². The van der Waals surface area contributed by atoms with Crippen LogP contribution in [0.1, 0.15) is 17.4 Å². The second-order valence-electron chi connectivity index (χ2n) is 6.53. The molecule has 1 atom stereocenters. The summed E-state index contributed by atoms with van der Waals surface area (Å²) < 4.78 is 10.3. The molecule has 0 fully saturated rings. The van der Waals surface area contributed by atoms with Gasteiger partial charge in [0.05, 0.1) is 18.2 Å².